The quantitative estimate of drug-likeness (QED) is 0.852. The molecule has 0 spiro atoms. The van der Waals surface area contributed by atoms with E-state index >= 15 is 0 Å². The van der Waals surface area contributed by atoms with Crippen LogP contribution in [0.5, 0.6) is 0 Å². The number of hydrogen-bond donors (Lipinski definition) is 1. The average Bonchev–Trinajstić information content (AvgIpc) is 2.76. The van der Waals surface area contributed by atoms with E-state index in [9.17, 15) is 4.79 Å². The summed E-state index contributed by atoms with van der Waals surface area (Å²) in [6.45, 7) is 5.08. The van der Waals surface area contributed by atoms with Crippen molar-refractivity contribution in [3.05, 3.63) is 23.7 Å². The molecule has 2 rings (SSSR count). The Morgan fingerprint density at radius 3 is 3.00 bits per heavy atom. The lowest BCUT2D eigenvalue weighted by molar-refractivity contribution is -0.121. The van der Waals surface area contributed by atoms with E-state index in [1.54, 1.807) is 6.20 Å². The number of rotatable bonds is 5. The topological polar surface area (TPSA) is 59.8 Å². The lowest BCUT2D eigenvalue weighted by Crippen LogP contribution is -2.24. The Labute approximate surface area is 117 Å². The molecule has 0 aliphatic heterocycles. The van der Waals surface area contributed by atoms with Gasteiger partial charge in [0.1, 0.15) is 11.3 Å². The summed E-state index contributed by atoms with van der Waals surface area (Å²) in [5, 5.41) is 2.78. The van der Waals surface area contributed by atoms with Gasteiger partial charge in [-0.15, -0.1) is 11.6 Å². The SMILES string of the molecule is CCNC(=O)CCn1c(CCl)nc2c(C)ccnc21. The number of hydrogen-bond acceptors (Lipinski definition) is 3. The maximum Gasteiger partial charge on any atom is 0.221 e. The van der Waals surface area contributed by atoms with Crippen LogP contribution in [0.3, 0.4) is 0 Å². The second-order valence-corrected chi connectivity index (χ2v) is 4.58. The molecule has 2 aromatic rings. The van der Waals surface area contributed by atoms with Gasteiger partial charge >= 0.3 is 0 Å². The van der Waals surface area contributed by atoms with E-state index in [4.69, 9.17) is 11.6 Å². The molecule has 2 heterocycles. The van der Waals surface area contributed by atoms with Crippen LogP contribution in [0, 0.1) is 6.92 Å². The number of pyridine rings is 1. The second-order valence-electron chi connectivity index (χ2n) is 4.32. The number of aromatic nitrogens is 3. The van der Waals surface area contributed by atoms with Crippen LogP contribution >= 0.6 is 11.6 Å². The number of aryl methyl sites for hydroxylation is 2. The normalized spacial score (nSPS) is 10.9. The Morgan fingerprint density at radius 1 is 1.53 bits per heavy atom. The first-order chi connectivity index (χ1) is 9.17. The predicted molar refractivity (Wildman–Crippen MR) is 75.1 cm³/mol. The van der Waals surface area contributed by atoms with Gasteiger partial charge in [-0.25, -0.2) is 9.97 Å². The van der Waals surface area contributed by atoms with Crippen molar-refractivity contribution in [2.75, 3.05) is 6.54 Å². The van der Waals surface area contributed by atoms with Gasteiger partial charge in [-0.3, -0.25) is 4.79 Å². The highest BCUT2D eigenvalue weighted by Gasteiger charge is 2.13. The van der Waals surface area contributed by atoms with Crippen molar-refractivity contribution in [3.63, 3.8) is 0 Å². The number of halogens is 1. The summed E-state index contributed by atoms with van der Waals surface area (Å²) in [5.41, 5.74) is 2.71. The van der Waals surface area contributed by atoms with Crippen LogP contribution in [0.1, 0.15) is 24.7 Å². The molecule has 0 unspecified atom stereocenters. The molecule has 0 fully saturated rings. The van der Waals surface area contributed by atoms with Crippen molar-refractivity contribution in [2.24, 2.45) is 0 Å². The first kappa shape index (κ1) is 13.8. The zero-order chi connectivity index (χ0) is 13.8. The van der Waals surface area contributed by atoms with Crippen LogP contribution in [0.4, 0.5) is 0 Å². The number of carbonyl (C=O) groups is 1. The van der Waals surface area contributed by atoms with Crippen molar-refractivity contribution in [1.82, 2.24) is 19.9 Å². The van der Waals surface area contributed by atoms with Gasteiger partial charge in [-0.2, -0.15) is 0 Å². The van der Waals surface area contributed by atoms with Crippen LogP contribution in [-0.4, -0.2) is 27.0 Å². The third-order valence-corrected chi connectivity index (χ3v) is 3.21. The first-order valence-electron chi connectivity index (χ1n) is 6.30. The predicted octanol–water partition coefficient (Wildman–Crippen LogP) is 2.00. The molecule has 1 N–H and O–H groups in total. The van der Waals surface area contributed by atoms with E-state index in [0.717, 1.165) is 22.6 Å². The van der Waals surface area contributed by atoms with Gasteiger partial charge in [0, 0.05) is 25.7 Å². The summed E-state index contributed by atoms with van der Waals surface area (Å²) in [7, 11) is 0. The Morgan fingerprint density at radius 2 is 2.32 bits per heavy atom. The van der Waals surface area contributed by atoms with E-state index in [-0.39, 0.29) is 5.91 Å². The van der Waals surface area contributed by atoms with Gasteiger partial charge in [0.15, 0.2) is 5.65 Å². The summed E-state index contributed by atoms with van der Waals surface area (Å²) >= 11 is 5.92. The highest BCUT2D eigenvalue weighted by atomic mass is 35.5. The molecule has 0 atom stereocenters. The summed E-state index contributed by atoms with van der Waals surface area (Å²) in [5.74, 6) is 1.09. The summed E-state index contributed by atoms with van der Waals surface area (Å²) in [4.78, 5) is 20.4. The third-order valence-electron chi connectivity index (χ3n) is 2.97. The molecular weight excluding hydrogens is 264 g/mol. The van der Waals surface area contributed by atoms with Gasteiger partial charge in [0.25, 0.3) is 0 Å². The lowest BCUT2D eigenvalue weighted by Gasteiger charge is -2.07. The molecule has 0 saturated heterocycles. The maximum atomic E-state index is 11.5. The number of imidazole rings is 1. The number of carbonyl (C=O) groups excluding carboxylic acids is 1. The molecule has 102 valence electrons. The molecule has 0 radical (unpaired) electrons. The molecule has 6 heteroatoms. The zero-order valence-corrected chi connectivity index (χ0v) is 11.9. The van der Waals surface area contributed by atoms with Crippen LogP contribution < -0.4 is 5.32 Å². The fraction of sp³-hybridized carbons (Fsp3) is 0.462. The Balaban J connectivity index is 2.30. The third kappa shape index (κ3) is 2.87. The number of alkyl halides is 1. The van der Waals surface area contributed by atoms with Gasteiger partial charge < -0.3 is 9.88 Å². The minimum Gasteiger partial charge on any atom is -0.356 e. The highest BCUT2D eigenvalue weighted by Crippen LogP contribution is 2.18. The monoisotopic (exact) mass is 280 g/mol. The molecular formula is C13H17ClN4O. The van der Waals surface area contributed by atoms with Crippen LogP contribution in [-0.2, 0) is 17.2 Å². The van der Waals surface area contributed by atoms with E-state index in [1.807, 2.05) is 24.5 Å². The molecule has 0 aliphatic rings. The molecule has 19 heavy (non-hydrogen) atoms. The maximum absolute atomic E-state index is 11.5. The smallest absolute Gasteiger partial charge is 0.221 e. The standard InChI is InChI=1S/C13H17ClN4O/c1-3-15-11(19)5-7-18-10(8-14)17-12-9(2)4-6-16-13(12)18/h4,6H,3,5,7-8H2,1-2H3,(H,15,19). The van der Waals surface area contributed by atoms with E-state index in [1.165, 1.54) is 0 Å². The van der Waals surface area contributed by atoms with Gasteiger partial charge in [-0.1, -0.05) is 0 Å². The molecule has 1 amide bonds. The summed E-state index contributed by atoms with van der Waals surface area (Å²) < 4.78 is 1.92. The zero-order valence-electron chi connectivity index (χ0n) is 11.1. The lowest BCUT2D eigenvalue weighted by atomic mass is 10.3. The Kier molecular flexibility index (Phi) is 4.37. The molecule has 0 aromatic carbocycles. The van der Waals surface area contributed by atoms with Crippen molar-refractivity contribution >= 4 is 28.7 Å². The van der Waals surface area contributed by atoms with Crippen molar-refractivity contribution in [3.8, 4) is 0 Å². The van der Waals surface area contributed by atoms with Crippen LogP contribution in [0.15, 0.2) is 12.3 Å². The number of amides is 1. The highest BCUT2D eigenvalue weighted by molar-refractivity contribution is 6.16. The van der Waals surface area contributed by atoms with Crippen molar-refractivity contribution < 1.29 is 4.79 Å². The van der Waals surface area contributed by atoms with Gasteiger partial charge in [0.2, 0.25) is 5.91 Å². The Hall–Kier alpha value is -1.62. The number of nitrogens with zero attached hydrogens (tertiary/aromatic N) is 3. The Bertz CT molecular complexity index is 594. The molecule has 0 aliphatic carbocycles. The average molecular weight is 281 g/mol. The van der Waals surface area contributed by atoms with Crippen LogP contribution in [0.25, 0.3) is 11.2 Å². The molecule has 2 aromatic heterocycles. The summed E-state index contributed by atoms with van der Waals surface area (Å²) in [6.07, 6.45) is 2.15. The van der Waals surface area contributed by atoms with E-state index < -0.39 is 0 Å². The largest absolute Gasteiger partial charge is 0.356 e. The van der Waals surface area contributed by atoms with Gasteiger partial charge in [-0.05, 0) is 25.5 Å². The number of nitrogens with one attached hydrogen (secondary N) is 1. The fourth-order valence-corrected chi connectivity index (χ4v) is 2.22. The molecule has 0 bridgehead atoms. The van der Waals surface area contributed by atoms with Crippen LogP contribution in [0.2, 0.25) is 0 Å². The van der Waals surface area contributed by atoms with Crippen molar-refractivity contribution in [1.29, 1.82) is 0 Å². The second kappa shape index (κ2) is 6.02. The van der Waals surface area contributed by atoms with E-state index in [0.29, 0.717) is 25.4 Å². The molecule has 5 nitrogen and oxygen atoms in total. The fourth-order valence-electron chi connectivity index (χ4n) is 2.02. The van der Waals surface area contributed by atoms with E-state index in [2.05, 4.69) is 15.3 Å². The van der Waals surface area contributed by atoms with Crippen molar-refractivity contribution in [2.45, 2.75) is 32.7 Å². The minimum absolute atomic E-state index is 0.0255. The number of fused-ring (bicyclic) bond motifs is 1. The molecule has 0 saturated carbocycles. The van der Waals surface area contributed by atoms with Gasteiger partial charge in [0.05, 0.1) is 5.88 Å². The summed E-state index contributed by atoms with van der Waals surface area (Å²) in [6, 6.07) is 1.92. The first-order valence-corrected chi connectivity index (χ1v) is 6.84. The minimum atomic E-state index is 0.0255.